The molecule has 0 radical (unpaired) electrons. The Labute approximate surface area is 87.3 Å². The van der Waals surface area contributed by atoms with Gasteiger partial charge in [-0.1, -0.05) is 0 Å². The van der Waals surface area contributed by atoms with Crippen LogP contribution in [0.25, 0.3) is 0 Å². The van der Waals surface area contributed by atoms with Crippen molar-refractivity contribution < 1.29 is 9.47 Å². The van der Waals surface area contributed by atoms with Crippen molar-refractivity contribution in [2.24, 2.45) is 0 Å². The molecule has 0 fully saturated rings. The number of ether oxygens (including phenoxy) is 2. The van der Waals surface area contributed by atoms with Crippen molar-refractivity contribution in [1.29, 1.82) is 10.5 Å². The first kappa shape index (κ1) is 9.36. The number of benzene rings is 1. The molecule has 1 aromatic rings. The molecule has 1 aliphatic rings. The van der Waals surface area contributed by atoms with Gasteiger partial charge in [0.05, 0.1) is 25.0 Å². The minimum Gasteiger partial charge on any atom is -0.454 e. The van der Waals surface area contributed by atoms with Crippen LogP contribution in [0, 0.1) is 22.7 Å². The second kappa shape index (κ2) is 3.89. The van der Waals surface area contributed by atoms with E-state index in [0.717, 1.165) is 11.1 Å². The highest BCUT2D eigenvalue weighted by atomic mass is 16.7. The first-order valence-electron chi connectivity index (χ1n) is 4.50. The third-order valence-electron chi connectivity index (χ3n) is 2.23. The van der Waals surface area contributed by atoms with E-state index in [1.165, 1.54) is 0 Å². The van der Waals surface area contributed by atoms with Gasteiger partial charge >= 0.3 is 0 Å². The summed E-state index contributed by atoms with van der Waals surface area (Å²) in [5.74, 6) is 1.31. The van der Waals surface area contributed by atoms with Gasteiger partial charge in [-0.25, -0.2) is 0 Å². The molecule has 2 rings (SSSR count). The van der Waals surface area contributed by atoms with Gasteiger partial charge in [-0.05, 0) is 23.3 Å². The molecule has 0 saturated carbocycles. The summed E-state index contributed by atoms with van der Waals surface area (Å²) in [6.45, 7) is 0.206. The molecule has 0 spiro atoms. The van der Waals surface area contributed by atoms with Gasteiger partial charge in [-0.15, -0.1) is 0 Å². The Hall–Kier alpha value is -2.20. The molecule has 1 heterocycles. The zero-order valence-electron chi connectivity index (χ0n) is 7.99. The fraction of sp³-hybridized carbons (Fsp3) is 0.273. The number of rotatable bonds is 2. The highest BCUT2D eigenvalue weighted by Gasteiger charge is 2.16. The summed E-state index contributed by atoms with van der Waals surface area (Å²) in [6.07, 6.45) is 0.571. The third-order valence-corrected chi connectivity index (χ3v) is 2.23. The van der Waals surface area contributed by atoms with E-state index in [2.05, 4.69) is 12.1 Å². The van der Waals surface area contributed by atoms with Crippen molar-refractivity contribution >= 4 is 0 Å². The maximum atomic E-state index is 8.66. The zero-order chi connectivity index (χ0) is 10.7. The molecule has 74 valence electrons. The van der Waals surface area contributed by atoms with Crippen molar-refractivity contribution in [2.75, 3.05) is 6.79 Å². The first-order chi connectivity index (χ1) is 7.35. The Kier molecular flexibility index (Phi) is 2.43. The number of nitriles is 2. The average Bonchev–Trinajstić information content (AvgIpc) is 2.66. The molecule has 0 aliphatic carbocycles. The Morgan fingerprint density at radius 2 is 1.47 bits per heavy atom. The van der Waals surface area contributed by atoms with Crippen LogP contribution >= 0.6 is 0 Å². The molecule has 4 heteroatoms. The molecule has 0 unspecified atom stereocenters. The number of hydrogen-bond acceptors (Lipinski definition) is 4. The van der Waals surface area contributed by atoms with Gasteiger partial charge in [0.1, 0.15) is 0 Å². The second-order valence-corrected chi connectivity index (χ2v) is 3.14. The lowest BCUT2D eigenvalue weighted by atomic mass is 10.0. The van der Waals surface area contributed by atoms with Crippen molar-refractivity contribution in [3.8, 4) is 23.6 Å². The van der Waals surface area contributed by atoms with Crippen LogP contribution in [0.3, 0.4) is 0 Å². The van der Waals surface area contributed by atoms with E-state index in [1.807, 2.05) is 0 Å². The Morgan fingerprint density at radius 1 is 1.00 bits per heavy atom. The van der Waals surface area contributed by atoms with Gasteiger partial charge in [-0.3, -0.25) is 0 Å². The molecular weight excluding hydrogens is 192 g/mol. The summed E-state index contributed by atoms with van der Waals surface area (Å²) in [7, 11) is 0. The summed E-state index contributed by atoms with van der Waals surface area (Å²) < 4.78 is 10.4. The largest absolute Gasteiger partial charge is 0.454 e. The molecule has 4 nitrogen and oxygen atoms in total. The minimum atomic E-state index is 0.206. The lowest BCUT2D eigenvalue weighted by Crippen LogP contribution is -1.92. The van der Waals surface area contributed by atoms with Crippen molar-refractivity contribution in [1.82, 2.24) is 0 Å². The summed E-state index contributed by atoms with van der Waals surface area (Å²) >= 11 is 0. The van der Waals surface area contributed by atoms with Crippen LogP contribution in [0.15, 0.2) is 12.1 Å². The number of fused-ring (bicyclic) bond motifs is 1. The molecule has 0 amide bonds. The van der Waals surface area contributed by atoms with Gasteiger partial charge in [0.2, 0.25) is 6.79 Å². The molecule has 1 aromatic carbocycles. The highest BCUT2D eigenvalue weighted by Crippen LogP contribution is 2.35. The van der Waals surface area contributed by atoms with Crippen LogP contribution in [0.4, 0.5) is 0 Å². The van der Waals surface area contributed by atoms with Gasteiger partial charge in [0.25, 0.3) is 0 Å². The molecule has 0 bridgehead atoms. The van der Waals surface area contributed by atoms with Gasteiger partial charge in [-0.2, -0.15) is 10.5 Å². The smallest absolute Gasteiger partial charge is 0.231 e. The Bertz CT molecular complexity index is 426. The van der Waals surface area contributed by atoms with E-state index in [-0.39, 0.29) is 19.6 Å². The minimum absolute atomic E-state index is 0.206. The number of nitrogens with zero attached hydrogens (tertiary/aromatic N) is 2. The van der Waals surface area contributed by atoms with Crippen molar-refractivity contribution in [3.05, 3.63) is 23.3 Å². The fourth-order valence-electron chi connectivity index (χ4n) is 1.53. The van der Waals surface area contributed by atoms with Crippen molar-refractivity contribution in [2.45, 2.75) is 12.8 Å². The summed E-state index contributed by atoms with van der Waals surface area (Å²) in [6, 6.07) is 7.69. The molecule has 1 aliphatic heterocycles. The lowest BCUT2D eigenvalue weighted by Gasteiger charge is -2.04. The molecule has 0 N–H and O–H groups in total. The standard InChI is InChI=1S/C11H8N2O2/c12-3-1-8-5-10-11(15-7-14-10)6-9(8)2-4-13/h5-6H,1-2,7H2. The van der Waals surface area contributed by atoms with E-state index in [4.69, 9.17) is 20.0 Å². The SMILES string of the molecule is N#CCc1cc2c(cc1CC#N)OCO2. The quantitative estimate of drug-likeness (QED) is 0.726. The molecule has 0 aromatic heterocycles. The van der Waals surface area contributed by atoms with Crippen molar-refractivity contribution in [3.63, 3.8) is 0 Å². The van der Waals surface area contributed by atoms with E-state index in [9.17, 15) is 0 Å². The second-order valence-electron chi connectivity index (χ2n) is 3.14. The van der Waals surface area contributed by atoms with Crippen LogP contribution in [-0.4, -0.2) is 6.79 Å². The third kappa shape index (κ3) is 1.70. The lowest BCUT2D eigenvalue weighted by molar-refractivity contribution is 0.174. The predicted octanol–water partition coefficient (Wildman–Crippen LogP) is 1.55. The average molecular weight is 200 g/mol. The Balaban J connectivity index is 2.44. The summed E-state index contributed by atoms with van der Waals surface area (Å²) in [5.41, 5.74) is 1.67. The highest BCUT2D eigenvalue weighted by molar-refractivity contribution is 5.50. The van der Waals surface area contributed by atoms with E-state index in [0.29, 0.717) is 11.5 Å². The number of hydrogen-bond donors (Lipinski definition) is 0. The van der Waals surface area contributed by atoms with E-state index >= 15 is 0 Å². The maximum Gasteiger partial charge on any atom is 0.231 e. The first-order valence-corrected chi connectivity index (χ1v) is 4.50. The normalized spacial score (nSPS) is 11.9. The van der Waals surface area contributed by atoms with Gasteiger partial charge in [0, 0.05) is 0 Å². The predicted molar refractivity (Wildman–Crippen MR) is 51.2 cm³/mol. The van der Waals surface area contributed by atoms with E-state index < -0.39 is 0 Å². The molecule has 15 heavy (non-hydrogen) atoms. The van der Waals surface area contributed by atoms with Crippen LogP contribution < -0.4 is 9.47 Å². The summed E-state index contributed by atoms with van der Waals surface area (Å²) in [5, 5.41) is 17.3. The fourth-order valence-corrected chi connectivity index (χ4v) is 1.53. The molecule has 0 saturated heterocycles. The van der Waals surface area contributed by atoms with Crippen LogP contribution in [-0.2, 0) is 12.8 Å². The monoisotopic (exact) mass is 200 g/mol. The van der Waals surface area contributed by atoms with Crippen LogP contribution in [0.2, 0.25) is 0 Å². The Morgan fingerprint density at radius 3 is 1.87 bits per heavy atom. The summed E-state index contributed by atoms with van der Waals surface area (Å²) in [4.78, 5) is 0. The van der Waals surface area contributed by atoms with Crippen LogP contribution in [0.1, 0.15) is 11.1 Å². The topological polar surface area (TPSA) is 66.0 Å². The van der Waals surface area contributed by atoms with Gasteiger partial charge < -0.3 is 9.47 Å². The van der Waals surface area contributed by atoms with Gasteiger partial charge in [0.15, 0.2) is 11.5 Å². The maximum absolute atomic E-state index is 8.66. The zero-order valence-corrected chi connectivity index (χ0v) is 7.99. The van der Waals surface area contributed by atoms with Crippen LogP contribution in [0.5, 0.6) is 11.5 Å². The molecular formula is C11H8N2O2. The molecule has 0 atom stereocenters. The van der Waals surface area contributed by atoms with E-state index in [1.54, 1.807) is 12.1 Å².